The maximum Gasteiger partial charge on any atom is 0.220 e. The number of amides is 1. The highest BCUT2D eigenvalue weighted by molar-refractivity contribution is 7.10. The van der Waals surface area contributed by atoms with Gasteiger partial charge in [-0.2, -0.15) is 0 Å². The van der Waals surface area contributed by atoms with E-state index in [2.05, 4.69) is 26.6 Å². The molecule has 0 aliphatic heterocycles. The van der Waals surface area contributed by atoms with Crippen LogP contribution in [0.3, 0.4) is 0 Å². The van der Waals surface area contributed by atoms with Crippen molar-refractivity contribution in [3.05, 3.63) is 64.3 Å². The third-order valence-corrected chi connectivity index (χ3v) is 5.42. The van der Waals surface area contributed by atoms with Gasteiger partial charge in [-0.25, -0.2) is 4.98 Å². The molecular weight excluding hydrogens is 358 g/mol. The number of carbonyl (C=O) groups excluding carboxylic acids is 1. The van der Waals surface area contributed by atoms with Gasteiger partial charge in [-0.05, 0) is 32.5 Å². The summed E-state index contributed by atoms with van der Waals surface area (Å²) in [6, 6.07) is 12.4. The molecule has 5 nitrogen and oxygen atoms in total. The van der Waals surface area contributed by atoms with Gasteiger partial charge < -0.3 is 14.6 Å². The van der Waals surface area contributed by atoms with Crippen LogP contribution in [-0.4, -0.2) is 36.4 Å². The number of rotatable bonds is 8. The largest absolute Gasteiger partial charge is 0.441 e. The maximum atomic E-state index is 12.2. The molecule has 1 N–H and O–H groups in total. The lowest BCUT2D eigenvalue weighted by Gasteiger charge is -2.23. The lowest BCUT2D eigenvalue weighted by molar-refractivity contribution is -0.121. The fourth-order valence-corrected chi connectivity index (χ4v) is 3.74. The SMILES string of the molecule is Cc1ccc(-c2cnc(CCC(=O)NCC(c3cccs3)N(C)C)o2)cc1. The van der Waals surface area contributed by atoms with Crippen molar-refractivity contribution >= 4 is 17.2 Å². The Morgan fingerprint density at radius 1 is 1.26 bits per heavy atom. The molecule has 142 valence electrons. The number of hydrogen-bond acceptors (Lipinski definition) is 5. The molecule has 6 heteroatoms. The topological polar surface area (TPSA) is 58.4 Å². The number of carbonyl (C=O) groups is 1. The monoisotopic (exact) mass is 383 g/mol. The minimum absolute atomic E-state index is 0.00786. The van der Waals surface area contributed by atoms with Crippen molar-refractivity contribution in [3.63, 3.8) is 0 Å². The molecule has 27 heavy (non-hydrogen) atoms. The van der Waals surface area contributed by atoms with E-state index in [0.717, 1.165) is 11.3 Å². The Balaban J connectivity index is 1.50. The van der Waals surface area contributed by atoms with Gasteiger partial charge in [0.05, 0.1) is 12.2 Å². The minimum Gasteiger partial charge on any atom is -0.441 e. The number of hydrogen-bond donors (Lipinski definition) is 1. The van der Waals surface area contributed by atoms with Gasteiger partial charge in [0.25, 0.3) is 0 Å². The summed E-state index contributed by atoms with van der Waals surface area (Å²) in [6.07, 6.45) is 2.57. The first-order valence-electron chi connectivity index (χ1n) is 9.01. The molecule has 1 unspecified atom stereocenters. The van der Waals surface area contributed by atoms with E-state index < -0.39 is 0 Å². The van der Waals surface area contributed by atoms with E-state index in [1.165, 1.54) is 10.4 Å². The van der Waals surface area contributed by atoms with Gasteiger partial charge in [-0.3, -0.25) is 4.79 Å². The second-order valence-corrected chi connectivity index (χ2v) is 7.76. The van der Waals surface area contributed by atoms with E-state index in [1.54, 1.807) is 17.5 Å². The van der Waals surface area contributed by atoms with Gasteiger partial charge in [0.1, 0.15) is 0 Å². The Labute approximate surface area is 164 Å². The first kappa shape index (κ1) is 19.3. The van der Waals surface area contributed by atoms with Crippen LogP contribution in [-0.2, 0) is 11.2 Å². The third-order valence-electron chi connectivity index (χ3n) is 4.44. The summed E-state index contributed by atoms with van der Waals surface area (Å²) in [5.41, 5.74) is 2.20. The summed E-state index contributed by atoms with van der Waals surface area (Å²) in [5.74, 6) is 1.33. The van der Waals surface area contributed by atoms with Crippen LogP contribution in [0.1, 0.15) is 28.8 Å². The Morgan fingerprint density at radius 3 is 2.70 bits per heavy atom. The quantitative estimate of drug-likeness (QED) is 0.637. The zero-order valence-corrected chi connectivity index (χ0v) is 16.8. The molecule has 2 aromatic heterocycles. The second-order valence-electron chi connectivity index (χ2n) is 6.78. The van der Waals surface area contributed by atoms with E-state index >= 15 is 0 Å². The predicted molar refractivity (Wildman–Crippen MR) is 109 cm³/mol. The van der Waals surface area contributed by atoms with Crippen molar-refractivity contribution < 1.29 is 9.21 Å². The smallest absolute Gasteiger partial charge is 0.220 e. The van der Waals surface area contributed by atoms with Gasteiger partial charge in [-0.1, -0.05) is 35.9 Å². The zero-order chi connectivity index (χ0) is 19.2. The fraction of sp³-hybridized carbons (Fsp3) is 0.333. The molecule has 1 aromatic carbocycles. The average molecular weight is 384 g/mol. The maximum absolute atomic E-state index is 12.2. The molecule has 0 radical (unpaired) electrons. The first-order chi connectivity index (χ1) is 13.0. The summed E-state index contributed by atoms with van der Waals surface area (Å²) < 4.78 is 5.79. The highest BCUT2D eigenvalue weighted by Crippen LogP contribution is 2.23. The van der Waals surface area contributed by atoms with Crippen molar-refractivity contribution in [2.24, 2.45) is 0 Å². The molecule has 0 fully saturated rings. The summed E-state index contributed by atoms with van der Waals surface area (Å²) in [7, 11) is 4.05. The second kappa shape index (κ2) is 8.97. The number of thiophene rings is 1. The van der Waals surface area contributed by atoms with E-state index in [-0.39, 0.29) is 11.9 Å². The van der Waals surface area contributed by atoms with Crippen molar-refractivity contribution in [3.8, 4) is 11.3 Å². The van der Waals surface area contributed by atoms with Crippen LogP contribution < -0.4 is 5.32 Å². The van der Waals surface area contributed by atoms with E-state index in [1.807, 2.05) is 51.4 Å². The van der Waals surface area contributed by atoms with E-state index in [0.29, 0.717) is 25.3 Å². The lowest BCUT2D eigenvalue weighted by Crippen LogP contribution is -2.34. The summed E-state index contributed by atoms with van der Waals surface area (Å²) >= 11 is 1.70. The van der Waals surface area contributed by atoms with Gasteiger partial charge in [0.15, 0.2) is 11.7 Å². The average Bonchev–Trinajstić information content (AvgIpc) is 3.33. The van der Waals surface area contributed by atoms with Crippen LogP contribution in [0.2, 0.25) is 0 Å². The number of oxazole rings is 1. The van der Waals surface area contributed by atoms with Gasteiger partial charge in [0.2, 0.25) is 5.91 Å². The molecule has 3 rings (SSSR count). The summed E-state index contributed by atoms with van der Waals surface area (Å²) in [4.78, 5) is 19.9. The molecule has 1 amide bonds. The number of likely N-dealkylation sites (N-methyl/N-ethyl adjacent to an activating group) is 1. The Bertz CT molecular complexity index is 854. The number of benzene rings is 1. The normalized spacial score (nSPS) is 12.3. The molecule has 0 saturated heterocycles. The Kier molecular flexibility index (Phi) is 6.42. The lowest BCUT2D eigenvalue weighted by atomic mass is 10.1. The van der Waals surface area contributed by atoms with Crippen molar-refractivity contribution in [2.45, 2.75) is 25.8 Å². The Morgan fingerprint density at radius 2 is 2.04 bits per heavy atom. The molecule has 1 atom stereocenters. The van der Waals surface area contributed by atoms with Crippen LogP contribution in [0.4, 0.5) is 0 Å². The first-order valence-corrected chi connectivity index (χ1v) is 9.89. The fourth-order valence-electron chi connectivity index (χ4n) is 2.82. The van der Waals surface area contributed by atoms with Crippen LogP contribution in [0, 0.1) is 6.92 Å². The van der Waals surface area contributed by atoms with Crippen molar-refractivity contribution in [1.29, 1.82) is 0 Å². The highest BCUT2D eigenvalue weighted by atomic mass is 32.1. The number of aryl methyl sites for hydroxylation is 2. The van der Waals surface area contributed by atoms with Crippen LogP contribution in [0.25, 0.3) is 11.3 Å². The van der Waals surface area contributed by atoms with Crippen molar-refractivity contribution in [1.82, 2.24) is 15.2 Å². The van der Waals surface area contributed by atoms with Crippen LogP contribution in [0.15, 0.2) is 52.4 Å². The van der Waals surface area contributed by atoms with Gasteiger partial charge >= 0.3 is 0 Å². The van der Waals surface area contributed by atoms with E-state index in [4.69, 9.17) is 4.42 Å². The van der Waals surface area contributed by atoms with Gasteiger partial charge in [0, 0.05) is 29.8 Å². The number of aromatic nitrogens is 1. The molecular formula is C21H25N3O2S. The summed E-state index contributed by atoms with van der Waals surface area (Å²) in [6.45, 7) is 2.64. The Hall–Kier alpha value is -2.44. The molecule has 0 bridgehead atoms. The highest BCUT2D eigenvalue weighted by Gasteiger charge is 2.16. The molecule has 0 aliphatic carbocycles. The predicted octanol–water partition coefficient (Wildman–Crippen LogP) is 4.06. The third kappa shape index (κ3) is 5.28. The molecule has 2 heterocycles. The summed E-state index contributed by atoms with van der Waals surface area (Å²) in [5, 5.41) is 5.08. The van der Waals surface area contributed by atoms with Crippen molar-refractivity contribution in [2.75, 3.05) is 20.6 Å². The van der Waals surface area contributed by atoms with E-state index in [9.17, 15) is 4.79 Å². The molecule has 0 saturated carbocycles. The zero-order valence-electron chi connectivity index (χ0n) is 15.9. The standard InChI is InChI=1S/C21H25N3O2S/c1-15-6-8-16(9-7-15)18-14-23-21(26-18)11-10-20(25)22-13-17(24(2)3)19-5-4-12-27-19/h4-9,12,14,17H,10-11,13H2,1-3H3,(H,22,25). The number of nitrogens with zero attached hydrogens (tertiary/aromatic N) is 2. The molecule has 0 aliphatic rings. The minimum atomic E-state index is 0.00786. The molecule has 0 spiro atoms. The van der Waals surface area contributed by atoms with Gasteiger partial charge in [-0.15, -0.1) is 11.3 Å². The van der Waals surface area contributed by atoms with Crippen LogP contribution in [0.5, 0.6) is 0 Å². The molecule has 3 aromatic rings. The number of nitrogens with one attached hydrogen (secondary N) is 1. The van der Waals surface area contributed by atoms with Crippen LogP contribution >= 0.6 is 11.3 Å².